The molecule has 0 aliphatic carbocycles. The average Bonchev–Trinajstić information content (AvgIpc) is 3.31. The van der Waals surface area contributed by atoms with Crippen molar-refractivity contribution in [2.45, 2.75) is 23.5 Å². The van der Waals surface area contributed by atoms with Crippen molar-refractivity contribution in [2.75, 3.05) is 26.3 Å². The second-order valence-electron chi connectivity index (χ2n) is 4.74. The van der Waals surface area contributed by atoms with Gasteiger partial charge in [-0.1, -0.05) is 21.6 Å². The molecule has 2 amide bonds. The van der Waals surface area contributed by atoms with Crippen LogP contribution in [0.5, 0.6) is 0 Å². The second-order valence-corrected chi connectivity index (χ2v) is 7.59. The molecule has 118 valence electrons. The van der Waals surface area contributed by atoms with Gasteiger partial charge >= 0.3 is 0 Å². The summed E-state index contributed by atoms with van der Waals surface area (Å²) >= 11 is 0. The number of ether oxygens (including phenoxy) is 1. The molecular weight excluding hydrogens is 314 g/mol. The van der Waals surface area contributed by atoms with Gasteiger partial charge in [0.25, 0.3) is 0 Å². The molecule has 2 unspecified atom stereocenters. The van der Waals surface area contributed by atoms with Crippen molar-refractivity contribution in [3.8, 4) is 0 Å². The van der Waals surface area contributed by atoms with Gasteiger partial charge in [0.15, 0.2) is 6.40 Å². The first-order chi connectivity index (χ1) is 10.2. The Labute approximate surface area is 131 Å². The predicted molar refractivity (Wildman–Crippen MR) is 83.0 cm³/mol. The Kier molecular flexibility index (Phi) is 6.65. The molecule has 7 nitrogen and oxygen atoms in total. The van der Waals surface area contributed by atoms with Crippen LogP contribution in [0, 0.1) is 5.92 Å². The van der Waals surface area contributed by atoms with Crippen LogP contribution in [-0.4, -0.2) is 60.2 Å². The Morgan fingerprint density at radius 2 is 2.38 bits per heavy atom. The number of nitrogens with zero attached hydrogens (tertiary/aromatic N) is 1. The Bertz CT molecular complexity index is 404. The van der Waals surface area contributed by atoms with Gasteiger partial charge in [0, 0.05) is 12.5 Å². The molecule has 0 aromatic carbocycles. The van der Waals surface area contributed by atoms with Gasteiger partial charge in [0.2, 0.25) is 11.8 Å². The van der Waals surface area contributed by atoms with E-state index in [1.807, 2.05) is 0 Å². The standard InChI is InChI=1S/C12H19N3O4S2/c16-6-9(17)13-4-5-19-7-15-10-8(12-20-21-12)2-1-3-14-11(10)18/h7-8,10,12,16H,1-6H2,(H,13,17)(H,14,18). The molecule has 2 aliphatic heterocycles. The summed E-state index contributed by atoms with van der Waals surface area (Å²) in [6.45, 7) is 0.716. The van der Waals surface area contributed by atoms with Crippen molar-refractivity contribution in [1.82, 2.24) is 10.6 Å². The number of hydrogen-bond donors (Lipinski definition) is 3. The van der Waals surface area contributed by atoms with Crippen molar-refractivity contribution in [2.24, 2.45) is 10.9 Å². The molecule has 2 heterocycles. The average molecular weight is 333 g/mol. The van der Waals surface area contributed by atoms with Crippen LogP contribution < -0.4 is 10.6 Å². The van der Waals surface area contributed by atoms with Gasteiger partial charge in [-0.25, -0.2) is 4.99 Å². The molecule has 2 saturated heterocycles. The van der Waals surface area contributed by atoms with Gasteiger partial charge < -0.3 is 20.5 Å². The molecule has 2 fully saturated rings. The normalized spacial score (nSPS) is 26.2. The van der Waals surface area contributed by atoms with Crippen molar-refractivity contribution in [1.29, 1.82) is 0 Å². The molecule has 0 spiro atoms. The Balaban J connectivity index is 1.76. The summed E-state index contributed by atoms with van der Waals surface area (Å²) in [4.78, 5) is 27.1. The summed E-state index contributed by atoms with van der Waals surface area (Å²) in [6.07, 6.45) is 3.26. The number of amides is 2. The summed E-state index contributed by atoms with van der Waals surface area (Å²) in [5.41, 5.74) is 0. The van der Waals surface area contributed by atoms with E-state index in [0.717, 1.165) is 12.8 Å². The highest BCUT2D eigenvalue weighted by atomic mass is 33.2. The monoisotopic (exact) mass is 333 g/mol. The van der Waals surface area contributed by atoms with Crippen LogP contribution in [0.4, 0.5) is 0 Å². The maximum Gasteiger partial charge on any atom is 0.245 e. The maximum absolute atomic E-state index is 12.0. The first-order valence-corrected chi connectivity index (χ1v) is 9.10. The number of carbonyl (C=O) groups excluding carboxylic acids is 2. The molecule has 9 heteroatoms. The van der Waals surface area contributed by atoms with Gasteiger partial charge in [-0.15, -0.1) is 0 Å². The molecule has 3 N–H and O–H groups in total. The molecule has 0 aromatic heterocycles. The van der Waals surface area contributed by atoms with E-state index in [0.29, 0.717) is 17.7 Å². The molecule has 0 aromatic rings. The number of aliphatic hydroxyl groups excluding tert-OH is 1. The van der Waals surface area contributed by atoms with Gasteiger partial charge in [0.1, 0.15) is 19.3 Å². The lowest BCUT2D eigenvalue weighted by molar-refractivity contribution is -0.124. The molecule has 21 heavy (non-hydrogen) atoms. The molecule has 0 radical (unpaired) electrons. The lowest BCUT2D eigenvalue weighted by Gasteiger charge is -2.17. The third-order valence-corrected chi connectivity index (χ3v) is 5.58. The van der Waals surface area contributed by atoms with E-state index in [2.05, 4.69) is 15.6 Å². The molecule has 2 atom stereocenters. The fourth-order valence-corrected chi connectivity index (χ4v) is 4.08. The van der Waals surface area contributed by atoms with Gasteiger partial charge in [-0.3, -0.25) is 9.59 Å². The largest absolute Gasteiger partial charge is 0.482 e. The van der Waals surface area contributed by atoms with E-state index in [9.17, 15) is 9.59 Å². The quantitative estimate of drug-likeness (QED) is 0.195. The van der Waals surface area contributed by atoms with Crippen LogP contribution in [-0.2, 0) is 14.3 Å². The summed E-state index contributed by atoms with van der Waals surface area (Å²) in [5, 5.41) is 13.9. The SMILES string of the molecule is O=C(CO)NCCOC=NC1C(=O)NCCCC1C1SS1. The van der Waals surface area contributed by atoms with E-state index < -0.39 is 18.6 Å². The zero-order chi connectivity index (χ0) is 15.1. The first kappa shape index (κ1) is 16.4. The predicted octanol–water partition coefficient (Wildman–Crippen LogP) is -0.244. The fraction of sp³-hybridized carbons (Fsp3) is 0.750. The fourth-order valence-electron chi connectivity index (χ4n) is 2.11. The molecular formula is C12H19N3O4S2. The molecule has 2 aliphatic rings. The van der Waals surface area contributed by atoms with Gasteiger partial charge in [-0.2, -0.15) is 0 Å². The van der Waals surface area contributed by atoms with Crippen LogP contribution in [0.3, 0.4) is 0 Å². The van der Waals surface area contributed by atoms with Crippen LogP contribution in [0.25, 0.3) is 0 Å². The molecule has 0 bridgehead atoms. The van der Waals surface area contributed by atoms with E-state index in [4.69, 9.17) is 9.84 Å². The zero-order valence-electron chi connectivity index (χ0n) is 11.5. The topological polar surface area (TPSA) is 100 Å². The lowest BCUT2D eigenvalue weighted by atomic mass is 9.97. The van der Waals surface area contributed by atoms with Crippen molar-refractivity contribution >= 4 is 39.8 Å². The van der Waals surface area contributed by atoms with Crippen LogP contribution in [0.15, 0.2) is 4.99 Å². The van der Waals surface area contributed by atoms with Crippen molar-refractivity contribution in [3.05, 3.63) is 0 Å². The highest BCUT2D eigenvalue weighted by Crippen LogP contribution is 2.59. The minimum absolute atomic E-state index is 0.0426. The summed E-state index contributed by atoms with van der Waals surface area (Å²) in [7, 11) is 3.59. The molecule has 2 rings (SSSR count). The van der Waals surface area contributed by atoms with Crippen LogP contribution in [0.2, 0.25) is 0 Å². The minimum Gasteiger partial charge on any atom is -0.482 e. The van der Waals surface area contributed by atoms with Crippen LogP contribution in [0.1, 0.15) is 12.8 Å². The third-order valence-electron chi connectivity index (χ3n) is 3.23. The van der Waals surface area contributed by atoms with Crippen molar-refractivity contribution in [3.63, 3.8) is 0 Å². The number of rotatable bonds is 7. The van der Waals surface area contributed by atoms with Crippen LogP contribution >= 0.6 is 21.6 Å². The zero-order valence-corrected chi connectivity index (χ0v) is 13.1. The number of hydrogen-bond acceptors (Lipinski definition) is 7. The highest BCUT2D eigenvalue weighted by Gasteiger charge is 2.42. The maximum atomic E-state index is 12.0. The highest BCUT2D eigenvalue weighted by molar-refractivity contribution is 8.92. The number of aliphatic hydroxyl groups is 1. The first-order valence-electron chi connectivity index (χ1n) is 6.83. The Morgan fingerprint density at radius 3 is 3.10 bits per heavy atom. The van der Waals surface area contributed by atoms with Gasteiger partial charge in [0.05, 0.1) is 11.1 Å². The molecule has 0 saturated carbocycles. The lowest BCUT2D eigenvalue weighted by Crippen LogP contribution is -2.37. The number of nitrogens with one attached hydrogen (secondary N) is 2. The van der Waals surface area contributed by atoms with E-state index >= 15 is 0 Å². The smallest absolute Gasteiger partial charge is 0.245 e. The second kappa shape index (κ2) is 8.50. The Hall–Kier alpha value is -0.930. The number of aliphatic imine (C=N–C) groups is 1. The third kappa shape index (κ3) is 5.40. The van der Waals surface area contributed by atoms with E-state index in [-0.39, 0.29) is 18.4 Å². The van der Waals surface area contributed by atoms with Gasteiger partial charge in [-0.05, 0) is 12.8 Å². The Morgan fingerprint density at radius 1 is 1.57 bits per heavy atom. The van der Waals surface area contributed by atoms with E-state index in [1.54, 1.807) is 21.6 Å². The summed E-state index contributed by atoms with van der Waals surface area (Å²) in [5.74, 6) is -0.239. The summed E-state index contributed by atoms with van der Waals surface area (Å²) < 4.78 is 5.65. The van der Waals surface area contributed by atoms with Crippen molar-refractivity contribution < 1.29 is 19.4 Å². The van der Waals surface area contributed by atoms with E-state index in [1.165, 1.54) is 6.40 Å². The minimum atomic E-state index is -0.533. The summed E-state index contributed by atoms with van der Waals surface area (Å²) in [6, 6.07) is -0.396. The number of carbonyl (C=O) groups is 2.